The molecule has 1 rings (SSSR count). The number of nitrogens with two attached hydrogens (primary N) is 1. The summed E-state index contributed by atoms with van der Waals surface area (Å²) in [6.45, 7) is 4.65. The number of anilines is 1. The van der Waals surface area contributed by atoms with Crippen molar-refractivity contribution in [3.63, 3.8) is 0 Å². The van der Waals surface area contributed by atoms with Gasteiger partial charge >= 0.3 is 0 Å². The number of amides is 1. The fourth-order valence-electron chi connectivity index (χ4n) is 1.26. The number of hydrogen-bond acceptors (Lipinski definition) is 3. The van der Waals surface area contributed by atoms with Crippen molar-refractivity contribution in [3.8, 4) is 0 Å². The van der Waals surface area contributed by atoms with Crippen LogP contribution in [0.2, 0.25) is 0 Å². The highest BCUT2D eigenvalue weighted by atomic mass is 32.1. The standard InChI is InChI=1S/C10H16N2OS/c1-3-5-7-6-8(9(11)14-7)10(13)12-4-2/h6H,3-5,11H2,1-2H3,(H,12,13). The van der Waals surface area contributed by atoms with Gasteiger partial charge in [0, 0.05) is 11.4 Å². The van der Waals surface area contributed by atoms with Crippen LogP contribution in [-0.2, 0) is 6.42 Å². The molecule has 0 aliphatic rings. The van der Waals surface area contributed by atoms with Crippen molar-refractivity contribution in [2.45, 2.75) is 26.7 Å². The predicted molar refractivity (Wildman–Crippen MR) is 60.7 cm³/mol. The second-order valence-electron chi connectivity index (χ2n) is 3.10. The van der Waals surface area contributed by atoms with Crippen LogP contribution in [0.4, 0.5) is 5.00 Å². The van der Waals surface area contributed by atoms with Crippen LogP contribution < -0.4 is 11.1 Å². The summed E-state index contributed by atoms with van der Waals surface area (Å²) in [7, 11) is 0. The quantitative estimate of drug-likeness (QED) is 0.802. The molecule has 1 aromatic heterocycles. The van der Waals surface area contributed by atoms with Gasteiger partial charge in [0.1, 0.15) is 0 Å². The Labute approximate surface area is 88.3 Å². The fraction of sp³-hybridized carbons (Fsp3) is 0.500. The van der Waals surface area contributed by atoms with E-state index in [0.29, 0.717) is 17.1 Å². The van der Waals surface area contributed by atoms with Crippen LogP contribution in [-0.4, -0.2) is 12.5 Å². The Hall–Kier alpha value is -1.03. The minimum atomic E-state index is -0.0661. The van der Waals surface area contributed by atoms with Gasteiger partial charge < -0.3 is 11.1 Å². The molecule has 14 heavy (non-hydrogen) atoms. The van der Waals surface area contributed by atoms with Crippen LogP contribution >= 0.6 is 11.3 Å². The molecule has 0 aliphatic heterocycles. The highest BCUT2D eigenvalue weighted by Crippen LogP contribution is 2.25. The fourth-order valence-corrected chi connectivity index (χ4v) is 2.29. The minimum absolute atomic E-state index is 0.0661. The predicted octanol–water partition coefficient (Wildman–Crippen LogP) is 2.03. The van der Waals surface area contributed by atoms with Crippen molar-refractivity contribution in [2.24, 2.45) is 0 Å². The Balaban J connectivity index is 2.81. The number of carbonyl (C=O) groups is 1. The third-order valence-corrected chi connectivity index (χ3v) is 2.91. The first-order valence-corrected chi connectivity index (χ1v) is 5.67. The van der Waals surface area contributed by atoms with Crippen LogP contribution in [0.1, 0.15) is 35.5 Å². The number of carbonyl (C=O) groups excluding carboxylic acids is 1. The van der Waals surface area contributed by atoms with Crippen molar-refractivity contribution in [1.82, 2.24) is 5.32 Å². The summed E-state index contributed by atoms with van der Waals surface area (Å²) in [4.78, 5) is 12.7. The molecule has 1 aromatic rings. The Morgan fingerprint density at radius 3 is 2.86 bits per heavy atom. The molecule has 78 valence electrons. The molecule has 3 nitrogen and oxygen atoms in total. The van der Waals surface area contributed by atoms with E-state index in [0.717, 1.165) is 12.8 Å². The van der Waals surface area contributed by atoms with E-state index in [9.17, 15) is 4.79 Å². The minimum Gasteiger partial charge on any atom is -0.390 e. The normalized spacial score (nSPS) is 10.1. The summed E-state index contributed by atoms with van der Waals surface area (Å²) in [6, 6.07) is 1.90. The summed E-state index contributed by atoms with van der Waals surface area (Å²) in [5.74, 6) is -0.0661. The van der Waals surface area contributed by atoms with Gasteiger partial charge in [0.25, 0.3) is 5.91 Å². The van der Waals surface area contributed by atoms with E-state index < -0.39 is 0 Å². The maximum atomic E-state index is 11.5. The molecule has 0 atom stereocenters. The molecule has 0 saturated carbocycles. The first kappa shape index (κ1) is 11.0. The molecular formula is C10H16N2OS. The van der Waals surface area contributed by atoms with Crippen LogP contribution in [0.3, 0.4) is 0 Å². The van der Waals surface area contributed by atoms with Gasteiger partial charge in [0.05, 0.1) is 10.6 Å². The Kier molecular flexibility index (Phi) is 3.95. The third-order valence-electron chi connectivity index (χ3n) is 1.89. The van der Waals surface area contributed by atoms with Gasteiger partial charge in [-0.3, -0.25) is 4.79 Å². The van der Waals surface area contributed by atoms with Crippen molar-refractivity contribution in [3.05, 3.63) is 16.5 Å². The van der Waals surface area contributed by atoms with Gasteiger partial charge in [-0.15, -0.1) is 11.3 Å². The Morgan fingerprint density at radius 2 is 2.29 bits per heavy atom. The number of nitrogen functional groups attached to an aromatic ring is 1. The molecule has 3 N–H and O–H groups in total. The van der Waals surface area contributed by atoms with Gasteiger partial charge in [-0.05, 0) is 19.4 Å². The van der Waals surface area contributed by atoms with E-state index in [1.807, 2.05) is 13.0 Å². The molecular weight excluding hydrogens is 196 g/mol. The average Bonchev–Trinajstić information content (AvgIpc) is 2.48. The van der Waals surface area contributed by atoms with E-state index in [2.05, 4.69) is 12.2 Å². The molecule has 0 aromatic carbocycles. The highest BCUT2D eigenvalue weighted by molar-refractivity contribution is 7.16. The largest absolute Gasteiger partial charge is 0.390 e. The molecule has 0 unspecified atom stereocenters. The number of aryl methyl sites for hydroxylation is 1. The van der Waals surface area contributed by atoms with Gasteiger partial charge in [0.15, 0.2) is 0 Å². The van der Waals surface area contributed by atoms with Gasteiger partial charge in [-0.2, -0.15) is 0 Å². The zero-order valence-electron chi connectivity index (χ0n) is 8.59. The van der Waals surface area contributed by atoms with E-state index in [-0.39, 0.29) is 5.91 Å². The maximum Gasteiger partial charge on any atom is 0.254 e. The van der Waals surface area contributed by atoms with Crippen molar-refractivity contribution < 1.29 is 4.79 Å². The number of hydrogen-bond donors (Lipinski definition) is 2. The molecule has 0 radical (unpaired) electrons. The van der Waals surface area contributed by atoms with E-state index in [1.54, 1.807) is 0 Å². The van der Waals surface area contributed by atoms with Crippen LogP contribution in [0.15, 0.2) is 6.07 Å². The Bertz CT molecular complexity index is 320. The van der Waals surface area contributed by atoms with Crippen molar-refractivity contribution >= 4 is 22.2 Å². The van der Waals surface area contributed by atoms with Gasteiger partial charge in [0.2, 0.25) is 0 Å². The molecule has 4 heteroatoms. The molecule has 0 aliphatic carbocycles. The zero-order valence-corrected chi connectivity index (χ0v) is 9.41. The van der Waals surface area contributed by atoms with E-state index in [1.165, 1.54) is 16.2 Å². The second-order valence-corrected chi connectivity index (χ2v) is 4.27. The SMILES string of the molecule is CCCc1cc(C(=O)NCC)c(N)s1. The molecule has 0 saturated heterocycles. The summed E-state index contributed by atoms with van der Waals surface area (Å²) >= 11 is 1.51. The summed E-state index contributed by atoms with van der Waals surface area (Å²) < 4.78 is 0. The van der Waals surface area contributed by atoms with E-state index >= 15 is 0 Å². The van der Waals surface area contributed by atoms with Crippen LogP contribution in [0.5, 0.6) is 0 Å². The summed E-state index contributed by atoms with van der Waals surface area (Å²) in [6.07, 6.45) is 2.07. The third kappa shape index (κ3) is 2.48. The zero-order chi connectivity index (χ0) is 10.6. The van der Waals surface area contributed by atoms with Crippen LogP contribution in [0, 0.1) is 0 Å². The van der Waals surface area contributed by atoms with Gasteiger partial charge in [-0.1, -0.05) is 13.3 Å². The second kappa shape index (κ2) is 5.00. The summed E-state index contributed by atoms with van der Waals surface area (Å²) in [5, 5.41) is 3.37. The lowest BCUT2D eigenvalue weighted by molar-refractivity contribution is 0.0957. The number of nitrogens with one attached hydrogen (secondary N) is 1. The lowest BCUT2D eigenvalue weighted by Crippen LogP contribution is -2.22. The molecule has 1 amide bonds. The molecule has 0 spiro atoms. The first-order chi connectivity index (χ1) is 6.69. The maximum absolute atomic E-state index is 11.5. The molecule has 0 fully saturated rings. The molecule has 0 bridgehead atoms. The Morgan fingerprint density at radius 1 is 1.57 bits per heavy atom. The monoisotopic (exact) mass is 212 g/mol. The lowest BCUT2D eigenvalue weighted by Gasteiger charge is -1.99. The lowest BCUT2D eigenvalue weighted by atomic mass is 10.2. The summed E-state index contributed by atoms with van der Waals surface area (Å²) in [5.41, 5.74) is 6.39. The first-order valence-electron chi connectivity index (χ1n) is 4.85. The molecule has 1 heterocycles. The van der Waals surface area contributed by atoms with Crippen LogP contribution in [0.25, 0.3) is 0 Å². The van der Waals surface area contributed by atoms with Crippen molar-refractivity contribution in [1.29, 1.82) is 0 Å². The average molecular weight is 212 g/mol. The van der Waals surface area contributed by atoms with E-state index in [4.69, 9.17) is 5.73 Å². The number of rotatable bonds is 4. The van der Waals surface area contributed by atoms with Gasteiger partial charge in [-0.25, -0.2) is 0 Å². The van der Waals surface area contributed by atoms with Crippen molar-refractivity contribution in [2.75, 3.05) is 12.3 Å². The topological polar surface area (TPSA) is 55.1 Å². The smallest absolute Gasteiger partial charge is 0.254 e. The number of thiophene rings is 1. The highest BCUT2D eigenvalue weighted by Gasteiger charge is 2.12.